The molecular weight excluding hydrogens is 490 g/mol. The third kappa shape index (κ3) is 13.8. The molecule has 0 saturated carbocycles. The van der Waals surface area contributed by atoms with Crippen LogP contribution in [-0.2, 0) is 30.6 Å². The zero-order valence-corrected chi connectivity index (χ0v) is 19.7. The van der Waals surface area contributed by atoms with E-state index in [1.807, 2.05) is 24.3 Å². The highest BCUT2D eigenvalue weighted by Gasteiger charge is 2.31. The molecule has 7 N–H and O–H groups in total. The highest BCUT2D eigenvalue weighted by atomic mass is 32.2. The van der Waals surface area contributed by atoms with E-state index in [1.54, 1.807) is 18.2 Å². The summed E-state index contributed by atoms with van der Waals surface area (Å²) in [5.41, 5.74) is 16.9. The van der Waals surface area contributed by atoms with Crippen LogP contribution >= 0.6 is 0 Å². The SMILES string of the molecule is CS(=O)(=O)[O-].CS(=O)(=O)[O-].N=C(N)/C=C/c1ccccc1C1(N=C(N)N)C=CC(C(=O)[O-])C=C1. The summed E-state index contributed by atoms with van der Waals surface area (Å²) in [6.07, 6.45) is 10.5. The summed E-state index contributed by atoms with van der Waals surface area (Å²) in [6.45, 7) is 0. The standard InChI is InChI=1S/C17H19N5O2.2CH4O3S/c18-14(19)6-5-11-3-1-2-4-13(11)17(22-16(20)21)9-7-12(8-10-17)15(23)24;2*1-5(2,3)4/h1-10,12H,(H3,18,19)(H,23,24)(H4,20,21,22);2*1H3,(H,2,3,4)/p-3/b6-5+;;. The second-order valence-corrected chi connectivity index (χ2v) is 9.53. The summed E-state index contributed by atoms with van der Waals surface area (Å²) in [6, 6.07) is 7.29. The maximum absolute atomic E-state index is 11.0. The zero-order valence-electron chi connectivity index (χ0n) is 18.1. The first-order valence-electron chi connectivity index (χ1n) is 8.98. The number of aliphatic carboxylic acids is 1. The van der Waals surface area contributed by atoms with Crippen LogP contribution in [-0.4, -0.2) is 56.2 Å². The van der Waals surface area contributed by atoms with E-state index in [9.17, 15) is 9.90 Å². The van der Waals surface area contributed by atoms with Gasteiger partial charge in [0.05, 0.1) is 26.2 Å². The lowest BCUT2D eigenvalue weighted by atomic mass is 9.81. The number of carbonyl (C=O) groups is 1. The Kier molecular flexibility index (Phi) is 11.3. The smallest absolute Gasteiger partial charge is 0.187 e. The molecule has 0 unspecified atom stereocenters. The number of nitrogens with one attached hydrogen (secondary N) is 1. The van der Waals surface area contributed by atoms with E-state index in [0.717, 1.165) is 11.1 Å². The lowest BCUT2D eigenvalue weighted by molar-refractivity contribution is -0.308. The molecule has 1 aliphatic rings. The molecule has 13 nitrogen and oxygen atoms in total. The van der Waals surface area contributed by atoms with E-state index >= 15 is 0 Å². The lowest BCUT2D eigenvalue weighted by Gasteiger charge is -2.29. The molecule has 0 fully saturated rings. The Bertz CT molecular complexity index is 1150. The number of nitrogens with two attached hydrogens (primary N) is 3. The minimum atomic E-state index is -3.92. The van der Waals surface area contributed by atoms with E-state index in [-0.39, 0.29) is 11.8 Å². The summed E-state index contributed by atoms with van der Waals surface area (Å²) in [5, 5.41) is 18.3. The Balaban J connectivity index is 0.000000916. The van der Waals surface area contributed by atoms with Crippen LogP contribution in [0, 0.1) is 11.3 Å². The summed E-state index contributed by atoms with van der Waals surface area (Å²) >= 11 is 0. The predicted octanol–water partition coefficient (Wildman–Crippen LogP) is -2.08. The number of aliphatic imine (C=N–C) groups is 1. The number of carbonyl (C=O) groups excluding carboxylic acids is 1. The Hall–Kier alpha value is -3.53. The number of guanidine groups is 1. The van der Waals surface area contributed by atoms with Crippen LogP contribution in [0.25, 0.3) is 6.08 Å². The molecular formula is C19H24N5O8S2-3. The monoisotopic (exact) mass is 514 g/mol. The second-order valence-electron chi connectivity index (χ2n) is 6.71. The van der Waals surface area contributed by atoms with Crippen molar-refractivity contribution in [3.05, 3.63) is 65.8 Å². The molecule has 0 aliphatic heterocycles. The number of nitrogens with zero attached hydrogens (tertiary/aromatic N) is 1. The number of rotatable bonds is 5. The van der Waals surface area contributed by atoms with Gasteiger partial charge in [0.2, 0.25) is 0 Å². The Morgan fingerprint density at radius 1 is 1.03 bits per heavy atom. The van der Waals surface area contributed by atoms with Gasteiger partial charge in [0, 0.05) is 18.4 Å². The molecule has 0 bridgehead atoms. The fourth-order valence-electron chi connectivity index (χ4n) is 2.49. The van der Waals surface area contributed by atoms with Gasteiger partial charge in [0.25, 0.3) is 0 Å². The van der Waals surface area contributed by atoms with Gasteiger partial charge in [0.15, 0.2) is 5.96 Å². The molecule has 188 valence electrons. The first-order chi connectivity index (χ1) is 15.3. The second kappa shape index (κ2) is 12.6. The van der Waals surface area contributed by atoms with Crippen molar-refractivity contribution in [3.8, 4) is 0 Å². The van der Waals surface area contributed by atoms with Gasteiger partial charge < -0.3 is 36.2 Å². The van der Waals surface area contributed by atoms with Gasteiger partial charge >= 0.3 is 0 Å². The minimum Gasteiger partial charge on any atom is -0.748 e. The Morgan fingerprint density at radius 2 is 1.47 bits per heavy atom. The maximum Gasteiger partial charge on any atom is 0.187 e. The van der Waals surface area contributed by atoms with Crippen molar-refractivity contribution in [1.29, 1.82) is 5.41 Å². The van der Waals surface area contributed by atoms with Crippen molar-refractivity contribution in [1.82, 2.24) is 0 Å². The average molecular weight is 515 g/mol. The highest BCUT2D eigenvalue weighted by molar-refractivity contribution is 7.85. The molecule has 2 rings (SSSR count). The van der Waals surface area contributed by atoms with Gasteiger partial charge in [-0.1, -0.05) is 54.6 Å². The van der Waals surface area contributed by atoms with Crippen molar-refractivity contribution in [2.24, 2.45) is 28.1 Å². The van der Waals surface area contributed by atoms with Gasteiger partial charge in [-0.3, -0.25) is 5.41 Å². The van der Waals surface area contributed by atoms with Crippen LogP contribution in [0.3, 0.4) is 0 Å². The largest absolute Gasteiger partial charge is 0.748 e. The van der Waals surface area contributed by atoms with E-state index < -0.39 is 37.7 Å². The maximum atomic E-state index is 11.0. The lowest BCUT2D eigenvalue weighted by Crippen LogP contribution is -2.34. The molecule has 0 atom stereocenters. The number of amidine groups is 1. The minimum absolute atomic E-state index is 0.0903. The Morgan fingerprint density at radius 3 is 1.85 bits per heavy atom. The van der Waals surface area contributed by atoms with Crippen molar-refractivity contribution < 1.29 is 35.8 Å². The molecule has 0 aromatic heterocycles. The normalized spacial score (nSPS) is 19.2. The van der Waals surface area contributed by atoms with Crippen LogP contribution in [0.4, 0.5) is 0 Å². The van der Waals surface area contributed by atoms with Crippen molar-refractivity contribution in [2.45, 2.75) is 5.54 Å². The molecule has 0 radical (unpaired) electrons. The number of hydrogen-bond donors (Lipinski definition) is 4. The molecule has 0 heterocycles. The summed E-state index contributed by atoms with van der Waals surface area (Å²) in [7, 11) is -7.83. The molecule has 1 aromatic carbocycles. The van der Waals surface area contributed by atoms with E-state index in [2.05, 4.69) is 4.99 Å². The van der Waals surface area contributed by atoms with Gasteiger partial charge in [-0.05, 0) is 17.2 Å². The van der Waals surface area contributed by atoms with Crippen LogP contribution in [0.5, 0.6) is 0 Å². The van der Waals surface area contributed by atoms with Crippen LogP contribution in [0.1, 0.15) is 11.1 Å². The third-order valence-corrected chi connectivity index (χ3v) is 3.54. The van der Waals surface area contributed by atoms with Gasteiger partial charge in [-0.25, -0.2) is 21.8 Å². The molecule has 0 amide bonds. The Labute approximate surface area is 197 Å². The first kappa shape index (κ1) is 30.5. The first-order valence-corrected chi connectivity index (χ1v) is 12.6. The third-order valence-electron chi connectivity index (χ3n) is 3.54. The molecule has 15 heteroatoms. The highest BCUT2D eigenvalue weighted by Crippen LogP contribution is 2.36. The molecule has 34 heavy (non-hydrogen) atoms. The zero-order chi connectivity index (χ0) is 26.7. The number of hydrogen-bond acceptors (Lipinski definition) is 10. The van der Waals surface area contributed by atoms with E-state index in [1.165, 1.54) is 18.2 Å². The van der Waals surface area contributed by atoms with Crippen molar-refractivity contribution >= 4 is 44.1 Å². The van der Waals surface area contributed by atoms with Gasteiger partial charge in [-0.2, -0.15) is 0 Å². The van der Waals surface area contributed by atoms with Crippen molar-refractivity contribution in [3.63, 3.8) is 0 Å². The van der Waals surface area contributed by atoms with Gasteiger partial charge in [-0.15, -0.1) is 0 Å². The fourth-order valence-corrected chi connectivity index (χ4v) is 2.49. The van der Waals surface area contributed by atoms with Crippen LogP contribution < -0.4 is 22.3 Å². The summed E-state index contributed by atoms with van der Waals surface area (Å²) in [5.74, 6) is -2.27. The quantitative estimate of drug-likeness (QED) is 0.143. The van der Waals surface area contributed by atoms with Gasteiger partial charge in [0.1, 0.15) is 11.4 Å². The predicted molar refractivity (Wildman–Crippen MR) is 123 cm³/mol. The topological polar surface area (TPSA) is 269 Å². The molecule has 0 saturated heterocycles. The average Bonchev–Trinajstić information content (AvgIpc) is 2.64. The van der Waals surface area contributed by atoms with E-state index in [4.69, 9.17) is 48.6 Å². The number of carboxylic acid groups (broad SMARTS) is 1. The number of carboxylic acids is 1. The number of benzene rings is 1. The van der Waals surface area contributed by atoms with Crippen molar-refractivity contribution in [2.75, 3.05) is 12.5 Å². The summed E-state index contributed by atoms with van der Waals surface area (Å²) < 4.78 is 54.5. The van der Waals surface area contributed by atoms with Crippen LogP contribution in [0.2, 0.25) is 0 Å². The van der Waals surface area contributed by atoms with E-state index in [0.29, 0.717) is 12.5 Å². The fraction of sp³-hybridized carbons (Fsp3) is 0.211. The van der Waals surface area contributed by atoms with Crippen LogP contribution in [0.15, 0.2) is 59.6 Å². The molecule has 0 spiro atoms. The molecule has 1 aromatic rings. The summed E-state index contributed by atoms with van der Waals surface area (Å²) in [4.78, 5) is 15.3. The molecule has 1 aliphatic carbocycles.